The van der Waals surface area contributed by atoms with Gasteiger partial charge in [-0.2, -0.15) is 0 Å². The van der Waals surface area contributed by atoms with Crippen molar-refractivity contribution >= 4 is 47.3 Å². The molecule has 1 aliphatic carbocycles. The maximum Gasteiger partial charge on any atom is 0.0720 e. The van der Waals surface area contributed by atoms with Crippen molar-refractivity contribution in [1.82, 2.24) is 10.3 Å². The van der Waals surface area contributed by atoms with Gasteiger partial charge in [-0.25, -0.2) is 0 Å². The molecule has 3 N–H and O–H groups in total. The quantitative estimate of drug-likeness (QED) is 0.556. The molecule has 2 aromatic carbocycles. The van der Waals surface area contributed by atoms with E-state index >= 15 is 0 Å². The van der Waals surface area contributed by atoms with Gasteiger partial charge in [0.15, 0.2) is 0 Å². The molecule has 1 aliphatic rings. The number of aromatic nitrogens is 1. The van der Waals surface area contributed by atoms with E-state index in [0.29, 0.717) is 11.1 Å². The van der Waals surface area contributed by atoms with Crippen molar-refractivity contribution in [2.75, 3.05) is 0 Å². The Labute approximate surface area is 183 Å². The molecule has 3 nitrogen and oxygen atoms in total. The van der Waals surface area contributed by atoms with Crippen molar-refractivity contribution in [2.24, 2.45) is 5.73 Å². The Bertz CT molecular complexity index is 894. The number of pyridine rings is 1. The summed E-state index contributed by atoms with van der Waals surface area (Å²) in [5.41, 5.74) is 10.0. The molecule has 0 saturated heterocycles. The first-order chi connectivity index (χ1) is 12.6. The largest absolute Gasteiger partial charge is 0.321 e. The molecule has 0 amide bonds. The summed E-state index contributed by atoms with van der Waals surface area (Å²) in [4.78, 5) is 4.45. The molecule has 1 fully saturated rings. The van der Waals surface area contributed by atoms with Crippen LogP contribution >= 0.6 is 36.4 Å². The summed E-state index contributed by atoms with van der Waals surface area (Å²) in [6.07, 6.45) is 5.96. The van der Waals surface area contributed by atoms with Crippen molar-refractivity contribution in [3.8, 4) is 0 Å². The molecule has 0 radical (unpaired) electrons. The van der Waals surface area contributed by atoms with E-state index in [4.69, 9.17) is 17.3 Å². The number of hydrogen-bond donors (Lipinski definition) is 2. The van der Waals surface area contributed by atoms with Crippen LogP contribution in [0.25, 0.3) is 10.9 Å². The van der Waals surface area contributed by atoms with Crippen LogP contribution in [0, 0.1) is 0 Å². The lowest BCUT2D eigenvalue weighted by atomic mass is 9.74. The molecular weight excluding hydrogens is 413 g/mol. The van der Waals surface area contributed by atoms with Crippen molar-refractivity contribution in [3.05, 3.63) is 76.9 Å². The SMILES string of the molecule is Cl.Cl.NC1(c2ccnc3cc(Cl)ccc23)CCC(NCc2ccccc2)CC1. The third-order valence-corrected chi connectivity index (χ3v) is 5.79. The molecule has 0 bridgehead atoms. The molecule has 1 saturated carbocycles. The molecule has 150 valence electrons. The second kappa shape index (κ2) is 9.91. The summed E-state index contributed by atoms with van der Waals surface area (Å²) in [5, 5.41) is 5.52. The minimum absolute atomic E-state index is 0. The average Bonchev–Trinajstić information content (AvgIpc) is 2.68. The second-order valence-corrected chi connectivity index (χ2v) is 7.75. The van der Waals surface area contributed by atoms with E-state index in [9.17, 15) is 0 Å². The standard InChI is InChI=1S/C22H24ClN3.2ClH/c23-17-6-7-19-20(10-13-25-21(19)14-17)22(24)11-8-18(9-12-22)26-15-16-4-2-1-3-5-16;;/h1-7,10,13-14,18,26H,8-9,11-12,15,24H2;2*1H. The highest BCUT2D eigenvalue weighted by molar-refractivity contribution is 6.31. The van der Waals surface area contributed by atoms with Crippen LogP contribution in [0.3, 0.4) is 0 Å². The van der Waals surface area contributed by atoms with Crippen LogP contribution in [0.2, 0.25) is 5.02 Å². The molecule has 0 unspecified atom stereocenters. The van der Waals surface area contributed by atoms with Gasteiger partial charge in [-0.15, -0.1) is 24.8 Å². The van der Waals surface area contributed by atoms with Crippen LogP contribution in [0.4, 0.5) is 0 Å². The molecule has 1 heterocycles. The molecular formula is C22H26Cl3N3. The molecule has 3 aromatic rings. The van der Waals surface area contributed by atoms with E-state index in [1.807, 2.05) is 24.4 Å². The Balaban J connectivity index is 0.00000140. The Kier molecular flexibility index (Phi) is 8.11. The van der Waals surface area contributed by atoms with Gasteiger partial charge in [-0.1, -0.05) is 48.0 Å². The van der Waals surface area contributed by atoms with Gasteiger partial charge in [-0.05, 0) is 55.0 Å². The normalized spacial score (nSPS) is 21.6. The van der Waals surface area contributed by atoms with Gasteiger partial charge in [0.1, 0.15) is 0 Å². The number of nitrogens with zero attached hydrogens (tertiary/aromatic N) is 1. The minimum atomic E-state index is -0.292. The summed E-state index contributed by atoms with van der Waals surface area (Å²) in [6, 6.07) is 19.0. The molecule has 1 aromatic heterocycles. The first-order valence-corrected chi connectivity index (χ1v) is 9.63. The summed E-state index contributed by atoms with van der Waals surface area (Å²) in [6.45, 7) is 0.916. The Hall–Kier alpha value is -1.36. The fourth-order valence-corrected chi connectivity index (χ4v) is 4.19. The average molecular weight is 439 g/mol. The summed E-state index contributed by atoms with van der Waals surface area (Å²) in [7, 11) is 0. The Morgan fingerprint density at radius 2 is 1.75 bits per heavy atom. The minimum Gasteiger partial charge on any atom is -0.321 e. The molecule has 4 rings (SSSR count). The van der Waals surface area contributed by atoms with E-state index in [2.05, 4.69) is 46.7 Å². The van der Waals surface area contributed by atoms with Crippen LogP contribution in [-0.4, -0.2) is 11.0 Å². The van der Waals surface area contributed by atoms with Gasteiger partial charge in [0.05, 0.1) is 5.52 Å². The van der Waals surface area contributed by atoms with Gasteiger partial charge in [0.2, 0.25) is 0 Å². The maximum absolute atomic E-state index is 6.87. The Morgan fingerprint density at radius 1 is 1.04 bits per heavy atom. The predicted molar refractivity (Wildman–Crippen MR) is 123 cm³/mol. The summed E-state index contributed by atoms with van der Waals surface area (Å²) in [5.74, 6) is 0. The summed E-state index contributed by atoms with van der Waals surface area (Å²) >= 11 is 6.12. The van der Waals surface area contributed by atoms with Crippen molar-refractivity contribution in [2.45, 2.75) is 43.8 Å². The number of benzene rings is 2. The van der Waals surface area contributed by atoms with Gasteiger partial charge in [0, 0.05) is 34.7 Å². The first kappa shape index (κ1) is 22.9. The fraction of sp³-hybridized carbons (Fsp3) is 0.318. The smallest absolute Gasteiger partial charge is 0.0720 e. The highest BCUT2D eigenvalue weighted by atomic mass is 35.5. The van der Waals surface area contributed by atoms with E-state index < -0.39 is 0 Å². The lowest BCUT2D eigenvalue weighted by molar-refractivity contribution is 0.252. The van der Waals surface area contributed by atoms with E-state index in [-0.39, 0.29) is 30.4 Å². The van der Waals surface area contributed by atoms with Crippen molar-refractivity contribution in [3.63, 3.8) is 0 Å². The zero-order chi connectivity index (χ0) is 18.0. The van der Waals surface area contributed by atoms with Crippen LogP contribution < -0.4 is 11.1 Å². The zero-order valence-electron chi connectivity index (χ0n) is 15.6. The van der Waals surface area contributed by atoms with Gasteiger partial charge in [0.25, 0.3) is 0 Å². The van der Waals surface area contributed by atoms with Crippen LogP contribution in [-0.2, 0) is 12.1 Å². The van der Waals surface area contributed by atoms with E-state index in [0.717, 1.165) is 43.1 Å². The number of nitrogens with two attached hydrogens (primary N) is 1. The third kappa shape index (κ3) is 4.97. The molecule has 6 heteroatoms. The number of fused-ring (bicyclic) bond motifs is 1. The number of rotatable bonds is 4. The highest BCUT2D eigenvalue weighted by Crippen LogP contribution is 2.38. The van der Waals surface area contributed by atoms with Crippen molar-refractivity contribution < 1.29 is 0 Å². The lowest BCUT2D eigenvalue weighted by Gasteiger charge is -2.38. The van der Waals surface area contributed by atoms with Crippen LogP contribution in [0.5, 0.6) is 0 Å². The van der Waals surface area contributed by atoms with Crippen LogP contribution in [0.15, 0.2) is 60.8 Å². The van der Waals surface area contributed by atoms with E-state index in [1.54, 1.807) is 0 Å². The van der Waals surface area contributed by atoms with Crippen LogP contribution in [0.1, 0.15) is 36.8 Å². The Morgan fingerprint density at radius 3 is 2.46 bits per heavy atom. The predicted octanol–water partition coefficient (Wildman–Crippen LogP) is 5.62. The lowest BCUT2D eigenvalue weighted by Crippen LogP contribution is -2.45. The van der Waals surface area contributed by atoms with Gasteiger partial charge >= 0.3 is 0 Å². The maximum atomic E-state index is 6.87. The van der Waals surface area contributed by atoms with Gasteiger partial charge < -0.3 is 11.1 Å². The number of nitrogens with one attached hydrogen (secondary N) is 1. The molecule has 0 aliphatic heterocycles. The monoisotopic (exact) mass is 437 g/mol. The van der Waals surface area contributed by atoms with Gasteiger partial charge in [-0.3, -0.25) is 4.98 Å². The highest BCUT2D eigenvalue weighted by Gasteiger charge is 2.34. The van der Waals surface area contributed by atoms with Crippen molar-refractivity contribution in [1.29, 1.82) is 0 Å². The molecule has 0 atom stereocenters. The fourth-order valence-electron chi connectivity index (χ4n) is 4.02. The van der Waals surface area contributed by atoms with E-state index in [1.165, 1.54) is 11.1 Å². The zero-order valence-corrected chi connectivity index (χ0v) is 18.0. The topological polar surface area (TPSA) is 50.9 Å². The molecule has 28 heavy (non-hydrogen) atoms. The second-order valence-electron chi connectivity index (χ2n) is 7.32. The molecule has 0 spiro atoms. The number of halogens is 3. The number of hydrogen-bond acceptors (Lipinski definition) is 3. The summed E-state index contributed by atoms with van der Waals surface area (Å²) < 4.78 is 0. The third-order valence-electron chi connectivity index (χ3n) is 5.56. The first-order valence-electron chi connectivity index (χ1n) is 9.25.